The van der Waals surface area contributed by atoms with Crippen LogP contribution in [-0.4, -0.2) is 9.78 Å². The SMILES string of the molecule is C#Cc1ccc(Cl)c(-c2cnn(CC#N)c2)c1. The van der Waals surface area contributed by atoms with Crippen LogP contribution in [0.1, 0.15) is 5.56 Å². The number of nitriles is 1. The molecule has 0 fully saturated rings. The summed E-state index contributed by atoms with van der Waals surface area (Å²) in [5.41, 5.74) is 2.44. The van der Waals surface area contributed by atoms with E-state index >= 15 is 0 Å². The van der Waals surface area contributed by atoms with Gasteiger partial charge in [0.15, 0.2) is 0 Å². The molecule has 1 aromatic heterocycles. The zero-order chi connectivity index (χ0) is 12.3. The highest BCUT2D eigenvalue weighted by Crippen LogP contribution is 2.28. The van der Waals surface area contributed by atoms with Crippen LogP contribution in [0.25, 0.3) is 11.1 Å². The number of nitrogens with zero attached hydrogens (tertiary/aromatic N) is 3. The average Bonchev–Trinajstić information content (AvgIpc) is 2.79. The summed E-state index contributed by atoms with van der Waals surface area (Å²) in [5, 5.41) is 13.2. The van der Waals surface area contributed by atoms with Crippen molar-refractivity contribution < 1.29 is 0 Å². The summed E-state index contributed by atoms with van der Waals surface area (Å²) < 4.78 is 1.55. The van der Waals surface area contributed by atoms with Gasteiger partial charge in [-0.3, -0.25) is 4.68 Å². The lowest BCUT2D eigenvalue weighted by Crippen LogP contribution is -1.94. The van der Waals surface area contributed by atoms with Crippen molar-refractivity contribution in [3.63, 3.8) is 0 Å². The zero-order valence-corrected chi connectivity index (χ0v) is 9.65. The number of aromatic nitrogens is 2. The van der Waals surface area contributed by atoms with E-state index in [0.29, 0.717) is 5.02 Å². The lowest BCUT2D eigenvalue weighted by molar-refractivity contribution is 0.710. The van der Waals surface area contributed by atoms with Gasteiger partial charge in [-0.25, -0.2) is 0 Å². The smallest absolute Gasteiger partial charge is 0.128 e. The van der Waals surface area contributed by atoms with Gasteiger partial charge in [-0.15, -0.1) is 6.42 Å². The second-order valence-electron chi connectivity index (χ2n) is 3.42. The molecule has 0 atom stereocenters. The molecule has 0 radical (unpaired) electrons. The highest BCUT2D eigenvalue weighted by molar-refractivity contribution is 6.33. The van der Waals surface area contributed by atoms with Crippen molar-refractivity contribution in [1.29, 1.82) is 5.26 Å². The lowest BCUT2D eigenvalue weighted by Gasteiger charge is -2.01. The third kappa shape index (κ3) is 2.30. The van der Waals surface area contributed by atoms with E-state index in [0.717, 1.165) is 16.7 Å². The van der Waals surface area contributed by atoms with E-state index in [9.17, 15) is 0 Å². The van der Waals surface area contributed by atoms with Gasteiger partial charge in [0.05, 0.1) is 12.3 Å². The van der Waals surface area contributed by atoms with Crippen LogP contribution < -0.4 is 0 Å². The molecule has 3 nitrogen and oxygen atoms in total. The van der Waals surface area contributed by atoms with Gasteiger partial charge in [0.25, 0.3) is 0 Å². The van der Waals surface area contributed by atoms with E-state index in [-0.39, 0.29) is 6.54 Å². The quantitative estimate of drug-likeness (QED) is 0.759. The third-order valence-corrected chi connectivity index (χ3v) is 2.64. The Hall–Kier alpha value is -2.23. The fraction of sp³-hybridized carbons (Fsp3) is 0.0769. The molecule has 1 heterocycles. The largest absolute Gasteiger partial charge is 0.258 e. The van der Waals surface area contributed by atoms with Crippen molar-refractivity contribution in [2.45, 2.75) is 6.54 Å². The Kier molecular flexibility index (Phi) is 3.14. The molecule has 0 aliphatic carbocycles. The zero-order valence-electron chi connectivity index (χ0n) is 8.89. The maximum atomic E-state index is 8.57. The summed E-state index contributed by atoms with van der Waals surface area (Å²) in [6.45, 7) is 0.215. The van der Waals surface area contributed by atoms with Crippen molar-refractivity contribution in [1.82, 2.24) is 9.78 Å². The van der Waals surface area contributed by atoms with E-state index in [1.54, 1.807) is 29.2 Å². The highest BCUT2D eigenvalue weighted by atomic mass is 35.5. The summed E-state index contributed by atoms with van der Waals surface area (Å²) in [7, 11) is 0. The Morgan fingerprint density at radius 1 is 1.47 bits per heavy atom. The first-order valence-electron chi connectivity index (χ1n) is 4.90. The second kappa shape index (κ2) is 4.74. The van der Waals surface area contributed by atoms with E-state index < -0.39 is 0 Å². The van der Waals surface area contributed by atoms with Gasteiger partial charge in [-0.2, -0.15) is 10.4 Å². The van der Waals surface area contributed by atoms with E-state index in [4.69, 9.17) is 23.3 Å². The van der Waals surface area contributed by atoms with Gasteiger partial charge >= 0.3 is 0 Å². The molecule has 0 bridgehead atoms. The van der Waals surface area contributed by atoms with E-state index in [1.807, 2.05) is 12.1 Å². The lowest BCUT2D eigenvalue weighted by atomic mass is 10.1. The molecule has 17 heavy (non-hydrogen) atoms. The summed E-state index contributed by atoms with van der Waals surface area (Å²) in [5.74, 6) is 2.56. The standard InChI is InChI=1S/C13H8ClN3/c1-2-10-3-4-13(14)12(7-10)11-8-16-17(9-11)6-5-15/h1,3-4,7-9H,6H2. The Labute approximate surface area is 104 Å². The summed E-state index contributed by atoms with van der Waals surface area (Å²) in [6.07, 6.45) is 8.78. The molecule has 0 saturated carbocycles. The monoisotopic (exact) mass is 241 g/mol. The van der Waals surface area contributed by atoms with Crippen molar-refractivity contribution in [3.05, 3.63) is 41.2 Å². The summed E-state index contributed by atoms with van der Waals surface area (Å²) in [6, 6.07) is 7.39. The molecule has 0 saturated heterocycles. The molecule has 0 unspecified atom stereocenters. The molecule has 1 aromatic carbocycles. The van der Waals surface area contributed by atoms with Crippen LogP contribution in [0.4, 0.5) is 0 Å². The molecule has 82 valence electrons. The summed E-state index contributed by atoms with van der Waals surface area (Å²) in [4.78, 5) is 0. The van der Waals surface area contributed by atoms with Crippen LogP contribution in [0.3, 0.4) is 0 Å². The van der Waals surface area contributed by atoms with Crippen molar-refractivity contribution in [3.8, 4) is 29.5 Å². The van der Waals surface area contributed by atoms with Gasteiger partial charge in [0.2, 0.25) is 0 Å². The topological polar surface area (TPSA) is 41.6 Å². The molecular weight excluding hydrogens is 234 g/mol. The minimum Gasteiger partial charge on any atom is -0.258 e. The van der Waals surface area contributed by atoms with Crippen molar-refractivity contribution in [2.24, 2.45) is 0 Å². The van der Waals surface area contributed by atoms with Crippen LogP contribution in [-0.2, 0) is 6.54 Å². The Balaban J connectivity index is 2.45. The van der Waals surface area contributed by atoms with Gasteiger partial charge in [0.1, 0.15) is 6.54 Å². The van der Waals surface area contributed by atoms with E-state index in [1.165, 1.54) is 0 Å². The second-order valence-corrected chi connectivity index (χ2v) is 3.83. The number of rotatable bonds is 2. The predicted molar refractivity (Wildman–Crippen MR) is 66.2 cm³/mol. The van der Waals surface area contributed by atoms with Crippen LogP contribution >= 0.6 is 11.6 Å². The van der Waals surface area contributed by atoms with Gasteiger partial charge in [0, 0.05) is 27.9 Å². The number of hydrogen-bond acceptors (Lipinski definition) is 2. The minimum absolute atomic E-state index is 0.215. The molecule has 4 heteroatoms. The average molecular weight is 242 g/mol. The molecule has 0 amide bonds. The van der Waals surface area contributed by atoms with Gasteiger partial charge < -0.3 is 0 Å². The minimum atomic E-state index is 0.215. The first-order valence-corrected chi connectivity index (χ1v) is 5.28. The molecule has 2 aromatic rings. The molecule has 0 aliphatic heterocycles. The highest BCUT2D eigenvalue weighted by Gasteiger charge is 2.06. The first kappa shape index (κ1) is 11.3. The van der Waals surface area contributed by atoms with Gasteiger partial charge in [-0.1, -0.05) is 17.5 Å². The van der Waals surface area contributed by atoms with Crippen LogP contribution in [0.2, 0.25) is 5.02 Å². The molecule has 0 spiro atoms. The number of halogens is 1. The number of hydrogen-bond donors (Lipinski definition) is 0. The van der Waals surface area contributed by atoms with Crippen LogP contribution in [0, 0.1) is 23.7 Å². The number of benzene rings is 1. The Morgan fingerprint density at radius 3 is 3.00 bits per heavy atom. The Bertz CT molecular complexity index is 629. The third-order valence-electron chi connectivity index (χ3n) is 2.31. The Morgan fingerprint density at radius 2 is 2.29 bits per heavy atom. The predicted octanol–water partition coefficient (Wildman–Crippen LogP) is 2.71. The van der Waals surface area contributed by atoms with Crippen molar-refractivity contribution >= 4 is 11.6 Å². The summed E-state index contributed by atoms with van der Waals surface area (Å²) >= 11 is 6.10. The van der Waals surface area contributed by atoms with Crippen LogP contribution in [0.15, 0.2) is 30.6 Å². The fourth-order valence-corrected chi connectivity index (χ4v) is 1.72. The van der Waals surface area contributed by atoms with Gasteiger partial charge in [-0.05, 0) is 18.2 Å². The van der Waals surface area contributed by atoms with Crippen molar-refractivity contribution in [2.75, 3.05) is 0 Å². The normalized spacial score (nSPS) is 9.59. The molecular formula is C13H8ClN3. The maximum absolute atomic E-state index is 8.57. The van der Waals surface area contributed by atoms with Crippen LogP contribution in [0.5, 0.6) is 0 Å². The molecule has 0 N–H and O–H groups in total. The maximum Gasteiger partial charge on any atom is 0.128 e. The first-order chi connectivity index (χ1) is 8.24. The fourth-order valence-electron chi connectivity index (χ4n) is 1.50. The number of terminal acetylenes is 1. The van der Waals surface area contributed by atoms with E-state index in [2.05, 4.69) is 11.0 Å². The molecule has 0 aliphatic rings. The molecule has 2 rings (SSSR count).